The molecular formula is C25H26N4O5. The minimum Gasteiger partial charge on any atom is -0.481 e. The Bertz CT molecular complexity index is 1160. The fraction of sp³-hybridized carbons (Fsp3) is 0.280. The van der Waals surface area contributed by atoms with Crippen LogP contribution in [-0.2, 0) is 20.9 Å². The van der Waals surface area contributed by atoms with Gasteiger partial charge in [-0.15, -0.1) is 0 Å². The lowest BCUT2D eigenvalue weighted by Gasteiger charge is -2.19. The summed E-state index contributed by atoms with van der Waals surface area (Å²) in [5.41, 5.74) is 5.98. The maximum absolute atomic E-state index is 12.7. The van der Waals surface area contributed by atoms with E-state index in [1.165, 1.54) is 0 Å². The normalized spacial score (nSPS) is 13.0. The van der Waals surface area contributed by atoms with Crippen LogP contribution in [0.3, 0.4) is 0 Å². The SMILES string of the molecule is Cc1cn[nH]c1CNC(=O)C(CCC(=O)O)NC(=O)OCC1c2ccccc2-c2ccccc21. The van der Waals surface area contributed by atoms with Crippen LogP contribution in [0.25, 0.3) is 11.1 Å². The number of nitrogens with one attached hydrogen (secondary N) is 3. The van der Waals surface area contributed by atoms with E-state index in [1.807, 2.05) is 55.5 Å². The van der Waals surface area contributed by atoms with Gasteiger partial charge in [0.05, 0.1) is 18.4 Å². The molecule has 4 rings (SSSR count). The molecule has 2 aromatic carbocycles. The molecule has 4 N–H and O–H groups in total. The van der Waals surface area contributed by atoms with E-state index in [2.05, 4.69) is 20.8 Å². The van der Waals surface area contributed by atoms with Crippen molar-refractivity contribution in [2.75, 3.05) is 6.61 Å². The number of ether oxygens (including phenoxy) is 1. The van der Waals surface area contributed by atoms with Gasteiger partial charge in [0.25, 0.3) is 0 Å². The number of fused-ring (bicyclic) bond motifs is 3. The Balaban J connectivity index is 1.39. The number of aryl methyl sites for hydroxylation is 1. The van der Waals surface area contributed by atoms with Crippen molar-refractivity contribution < 1.29 is 24.2 Å². The molecule has 2 amide bonds. The van der Waals surface area contributed by atoms with E-state index < -0.39 is 24.0 Å². The molecule has 0 radical (unpaired) electrons. The van der Waals surface area contributed by atoms with Crippen LogP contribution in [0.15, 0.2) is 54.7 Å². The zero-order valence-corrected chi connectivity index (χ0v) is 18.7. The highest BCUT2D eigenvalue weighted by atomic mass is 16.5. The van der Waals surface area contributed by atoms with Crippen LogP contribution in [0.5, 0.6) is 0 Å². The first kappa shape index (κ1) is 23.0. The zero-order chi connectivity index (χ0) is 24.1. The van der Waals surface area contributed by atoms with Crippen molar-refractivity contribution in [3.05, 3.63) is 77.1 Å². The Morgan fingerprint density at radius 1 is 1.09 bits per heavy atom. The molecule has 34 heavy (non-hydrogen) atoms. The summed E-state index contributed by atoms with van der Waals surface area (Å²) in [5, 5.41) is 21.0. The van der Waals surface area contributed by atoms with Gasteiger partial charge in [0.2, 0.25) is 5.91 Å². The van der Waals surface area contributed by atoms with Crippen LogP contribution in [0.4, 0.5) is 4.79 Å². The standard InChI is InChI=1S/C25H26N4O5/c1-15-12-27-29-22(15)13-26-24(32)21(10-11-23(30)31)28-25(33)34-14-20-18-8-4-2-6-16(18)17-7-3-5-9-19(17)20/h2-9,12,20-21H,10-11,13-14H2,1H3,(H,26,32)(H,27,29)(H,28,33)(H,30,31). The van der Waals surface area contributed by atoms with E-state index in [-0.39, 0.29) is 31.9 Å². The van der Waals surface area contributed by atoms with Gasteiger partial charge >= 0.3 is 12.1 Å². The van der Waals surface area contributed by atoms with E-state index in [9.17, 15) is 14.4 Å². The monoisotopic (exact) mass is 462 g/mol. The number of rotatable bonds is 9. The Morgan fingerprint density at radius 2 is 1.74 bits per heavy atom. The highest BCUT2D eigenvalue weighted by molar-refractivity contribution is 5.86. The first-order valence-electron chi connectivity index (χ1n) is 11.0. The molecule has 1 aliphatic rings. The van der Waals surface area contributed by atoms with Crippen molar-refractivity contribution in [3.8, 4) is 11.1 Å². The second-order valence-corrected chi connectivity index (χ2v) is 8.20. The molecule has 0 fully saturated rings. The largest absolute Gasteiger partial charge is 0.481 e. The van der Waals surface area contributed by atoms with Gasteiger partial charge in [0.1, 0.15) is 12.6 Å². The Labute approximate surface area is 196 Å². The fourth-order valence-electron chi connectivity index (χ4n) is 4.17. The number of H-pyrrole nitrogens is 1. The molecule has 9 nitrogen and oxygen atoms in total. The van der Waals surface area contributed by atoms with Gasteiger partial charge in [-0.3, -0.25) is 14.7 Å². The Kier molecular flexibility index (Phi) is 6.91. The number of aromatic nitrogens is 2. The fourth-order valence-corrected chi connectivity index (χ4v) is 4.17. The highest BCUT2D eigenvalue weighted by Crippen LogP contribution is 2.44. The summed E-state index contributed by atoms with van der Waals surface area (Å²) in [4.78, 5) is 36.3. The minimum absolute atomic E-state index is 0.0622. The molecule has 0 saturated heterocycles. The number of aromatic amines is 1. The number of carboxylic acid groups (broad SMARTS) is 1. The molecule has 0 bridgehead atoms. The minimum atomic E-state index is -1.06. The van der Waals surface area contributed by atoms with E-state index >= 15 is 0 Å². The van der Waals surface area contributed by atoms with Crippen molar-refractivity contribution in [2.24, 2.45) is 0 Å². The second kappa shape index (κ2) is 10.2. The summed E-state index contributed by atoms with van der Waals surface area (Å²) >= 11 is 0. The lowest BCUT2D eigenvalue weighted by atomic mass is 9.98. The van der Waals surface area contributed by atoms with Crippen molar-refractivity contribution >= 4 is 18.0 Å². The first-order valence-corrected chi connectivity index (χ1v) is 11.0. The van der Waals surface area contributed by atoms with Crippen molar-refractivity contribution in [1.29, 1.82) is 0 Å². The molecule has 1 unspecified atom stereocenters. The van der Waals surface area contributed by atoms with Crippen LogP contribution in [0.2, 0.25) is 0 Å². The van der Waals surface area contributed by atoms with E-state index in [4.69, 9.17) is 9.84 Å². The second-order valence-electron chi connectivity index (χ2n) is 8.20. The third-order valence-corrected chi connectivity index (χ3v) is 5.97. The van der Waals surface area contributed by atoms with Crippen molar-refractivity contribution in [2.45, 2.75) is 38.3 Å². The molecule has 0 saturated carbocycles. The first-order chi connectivity index (χ1) is 16.4. The van der Waals surface area contributed by atoms with E-state index in [0.29, 0.717) is 0 Å². The number of hydrogen-bond acceptors (Lipinski definition) is 5. The summed E-state index contributed by atoms with van der Waals surface area (Å²) in [7, 11) is 0. The van der Waals surface area contributed by atoms with Gasteiger partial charge in [-0.25, -0.2) is 4.79 Å². The number of hydrogen-bond donors (Lipinski definition) is 4. The van der Waals surface area contributed by atoms with Crippen LogP contribution >= 0.6 is 0 Å². The van der Waals surface area contributed by atoms with Gasteiger partial charge in [0, 0.05) is 12.3 Å². The van der Waals surface area contributed by atoms with Crippen molar-refractivity contribution in [3.63, 3.8) is 0 Å². The molecular weight excluding hydrogens is 436 g/mol. The number of amides is 2. The lowest BCUT2D eigenvalue weighted by molar-refractivity contribution is -0.137. The summed E-state index contributed by atoms with van der Waals surface area (Å²) in [5.74, 6) is -1.67. The maximum atomic E-state index is 12.7. The number of nitrogens with zero attached hydrogens (tertiary/aromatic N) is 1. The maximum Gasteiger partial charge on any atom is 0.407 e. The van der Waals surface area contributed by atoms with Crippen LogP contribution < -0.4 is 10.6 Å². The number of benzene rings is 2. The average molecular weight is 463 g/mol. The quantitative estimate of drug-likeness (QED) is 0.386. The molecule has 176 valence electrons. The Hall–Kier alpha value is -4.14. The van der Waals surface area contributed by atoms with Gasteiger partial charge in [-0.1, -0.05) is 48.5 Å². The predicted octanol–water partition coefficient (Wildman–Crippen LogP) is 3.11. The lowest BCUT2D eigenvalue weighted by Crippen LogP contribution is -2.47. The van der Waals surface area contributed by atoms with Gasteiger partial charge < -0.3 is 20.5 Å². The number of carboxylic acids is 1. The Morgan fingerprint density at radius 3 is 2.32 bits per heavy atom. The van der Waals surface area contributed by atoms with Crippen LogP contribution in [0, 0.1) is 6.92 Å². The summed E-state index contributed by atoms with van der Waals surface area (Å²) in [6.07, 6.45) is 0.529. The molecule has 9 heteroatoms. The molecule has 1 aliphatic carbocycles. The van der Waals surface area contributed by atoms with Crippen LogP contribution in [0.1, 0.15) is 41.1 Å². The average Bonchev–Trinajstić information content (AvgIpc) is 3.39. The molecule has 1 aromatic heterocycles. The smallest absolute Gasteiger partial charge is 0.407 e. The third kappa shape index (κ3) is 5.09. The number of alkyl carbamates (subject to hydrolysis) is 1. The van der Waals surface area contributed by atoms with E-state index in [0.717, 1.165) is 33.5 Å². The molecule has 0 aliphatic heterocycles. The summed E-state index contributed by atoms with van der Waals surface area (Å²) < 4.78 is 5.50. The molecule has 0 spiro atoms. The third-order valence-electron chi connectivity index (χ3n) is 5.97. The zero-order valence-electron chi connectivity index (χ0n) is 18.7. The van der Waals surface area contributed by atoms with Gasteiger partial charge in [-0.05, 0) is 41.2 Å². The predicted molar refractivity (Wildman–Crippen MR) is 124 cm³/mol. The van der Waals surface area contributed by atoms with Gasteiger partial charge in [0.15, 0.2) is 0 Å². The number of carbonyl (C=O) groups is 3. The van der Waals surface area contributed by atoms with E-state index in [1.54, 1.807) is 6.20 Å². The van der Waals surface area contributed by atoms with Crippen molar-refractivity contribution in [1.82, 2.24) is 20.8 Å². The number of carbonyl (C=O) groups excluding carboxylic acids is 2. The summed E-state index contributed by atoms with van der Waals surface area (Å²) in [6.45, 7) is 2.13. The van der Waals surface area contributed by atoms with Crippen LogP contribution in [-0.4, -0.2) is 45.9 Å². The molecule has 1 heterocycles. The molecule has 1 atom stereocenters. The van der Waals surface area contributed by atoms with Gasteiger partial charge in [-0.2, -0.15) is 5.10 Å². The summed E-state index contributed by atoms with van der Waals surface area (Å²) in [6, 6.07) is 14.9. The molecule has 3 aromatic rings. The topological polar surface area (TPSA) is 133 Å². The number of aliphatic carboxylic acids is 1. The highest BCUT2D eigenvalue weighted by Gasteiger charge is 2.30.